The number of fused-ring (bicyclic) bond motifs is 42. The van der Waals surface area contributed by atoms with Gasteiger partial charge in [-0.3, -0.25) is 0 Å². The summed E-state index contributed by atoms with van der Waals surface area (Å²) in [6, 6.07) is 41.5. The standard InChI is InChI=1S/3C32H8Cl8N8.3Pb/c2*33-13-1-2-14(34)22-21(13)29-43-25-9-5-17(37)18(38)6-10(9)27(41-25)45-31-23-15(35)3-4-16(36)24(23)32(48-31)46-28-12-8-20(40)19(39)7-11(12)26(42-28)44-30(22)47-29;33-9-1-2-10(34)18-17(9)25-41-26(18)46-28-21-13(37)5-6-14(38)22(21)30(43-28)48-32-24-16(40)8-7-15(39)23(24)31(44-32)47-29-20-12(36)4-3-11(35)19(20)27(42-29)45-25;;;/h3*1-8H;;;/q3*-2;3*+2. The average molecular weight is 2990 g/mol. The van der Waals surface area contributed by atoms with Gasteiger partial charge < -0.3 is 0 Å². The van der Waals surface area contributed by atoms with Crippen LogP contribution in [-0.2, 0) is 0 Å². The Morgan fingerprint density at radius 1 is 0.129 bits per heavy atom. The fourth-order valence-corrected chi connectivity index (χ4v) is 39.0. The van der Waals surface area contributed by atoms with Crippen molar-refractivity contribution in [1.82, 2.24) is 14.3 Å². The zero-order valence-corrected chi connectivity index (χ0v) is 101. The third kappa shape index (κ3) is 14.6. The van der Waals surface area contributed by atoms with Crippen molar-refractivity contribution in [2.75, 3.05) is 0 Å². The molecular weight excluding hydrogens is 2960 g/mol. The van der Waals surface area contributed by atoms with Gasteiger partial charge in [-0.15, -0.1) is 0 Å². The van der Waals surface area contributed by atoms with Crippen molar-refractivity contribution in [2.24, 2.45) is 89.9 Å². The molecule has 6 aromatic heterocycles. The van der Waals surface area contributed by atoms with Crippen LogP contribution in [0.5, 0.6) is 0 Å². The molecule has 18 heterocycles. The Kier molecular flexibility index (Phi) is 23.3. The van der Waals surface area contributed by atoms with Crippen LogP contribution in [0.3, 0.4) is 0 Å². The quantitative estimate of drug-likeness (QED) is 0.128. The topological polar surface area (TPSA) is 252 Å². The van der Waals surface area contributed by atoms with E-state index in [0.717, 1.165) is 0 Å². The fourth-order valence-electron chi connectivity index (χ4n) is 19.2. The molecule has 6 radical (unpaired) electrons. The summed E-state index contributed by atoms with van der Waals surface area (Å²) in [5.41, 5.74) is 9.64. The zero-order valence-electron chi connectivity index (χ0n) is 71.2. The fraction of sp³-hybridized carbons (Fsp3) is 0. The van der Waals surface area contributed by atoms with Crippen LogP contribution in [0.4, 0.5) is 34.9 Å². The van der Waals surface area contributed by atoms with Crippen LogP contribution in [0.25, 0.3) is 64.6 Å². The summed E-state index contributed by atoms with van der Waals surface area (Å²) < 4.78 is 12.4. The van der Waals surface area contributed by atoms with Gasteiger partial charge in [0.2, 0.25) is 0 Å². The van der Waals surface area contributed by atoms with Gasteiger partial charge in [0, 0.05) is 0 Å². The Balaban J connectivity index is 0.000000107. The summed E-state index contributed by atoms with van der Waals surface area (Å²) in [7, 11) is 0. The minimum atomic E-state index is -2.56. The number of halogens is 24. The number of rotatable bonds is 0. The molecule has 30 rings (SSSR count). The van der Waals surface area contributed by atoms with E-state index in [1.165, 1.54) is 0 Å². The summed E-state index contributed by atoms with van der Waals surface area (Å²) >= 11 is 156. The van der Waals surface area contributed by atoms with Crippen molar-refractivity contribution in [1.29, 1.82) is 0 Å². The Bertz CT molecular complexity index is 9620. The SMILES string of the molecule is Clc1cc2c3[n]4c(c2cc1Cl)N=C1N=C(N=c2c5cc(Cl)c(Cl)cc5c([n]2[Pb]4)=NC2=NC(=N3)c3c(Cl)ccc(Cl)c32)c2c(Cl)ccc(Cl)c21.Clc1cc2c3[n]4c(c2cc1Cl)N=C1N=C(N=c2c5cc(Cl)c(Cl)cc5c([n]2[Pb]4)=NC2=NC(=N3)c3c(Cl)ccc(Cl)c32)c2c(Cl)ccc(Cl)c21.Clc1ccc(Cl)c2c1C1=NC2=Nc2c3c(Cl)ccc(Cl)c3c3[n]2[Pb][n]2c(c4c(Cl)ccc(Cl)c4c2=NC2=NC(=N3)c3c(Cl)ccc(Cl)c32)=N1. The molecule has 708 valence electrons. The van der Waals surface area contributed by atoms with Gasteiger partial charge in [-0.05, 0) is 0 Å². The molecule has 18 aromatic rings. The molecule has 0 unspecified atom stereocenters. The van der Waals surface area contributed by atoms with Crippen molar-refractivity contribution in [3.63, 3.8) is 0 Å². The predicted octanol–water partition coefficient (Wildman–Crippen LogP) is 29.1. The summed E-state index contributed by atoms with van der Waals surface area (Å²) in [6.45, 7) is 0. The van der Waals surface area contributed by atoms with Crippen molar-refractivity contribution >= 4 is 522 Å². The van der Waals surface area contributed by atoms with Crippen LogP contribution < -0.4 is 32.9 Å². The van der Waals surface area contributed by atoms with E-state index in [9.17, 15) is 0 Å². The normalized spacial score (nSPS) is 15.3. The van der Waals surface area contributed by atoms with Gasteiger partial charge in [-0.25, -0.2) is 0 Å². The third-order valence-electron chi connectivity index (χ3n) is 25.5. The molecule has 0 amide bonds. The molecule has 0 atom stereocenters. The predicted molar refractivity (Wildman–Crippen MR) is 604 cm³/mol. The van der Waals surface area contributed by atoms with Crippen molar-refractivity contribution < 1.29 is 0 Å². The molecule has 0 spiro atoms. The molecule has 24 nitrogen and oxygen atoms in total. The second-order valence-corrected chi connectivity index (χ2v) is 56.1. The van der Waals surface area contributed by atoms with Crippen LogP contribution in [0.15, 0.2) is 235 Å². The molecule has 51 heteroatoms. The third-order valence-corrected chi connectivity index (χ3v) is 48.0. The van der Waals surface area contributed by atoms with E-state index in [4.69, 9.17) is 368 Å². The van der Waals surface area contributed by atoms with Gasteiger partial charge in [0.05, 0.1) is 0 Å². The van der Waals surface area contributed by atoms with Crippen LogP contribution in [0.2, 0.25) is 121 Å². The Labute approximate surface area is 979 Å². The van der Waals surface area contributed by atoms with Gasteiger partial charge >= 0.3 is 992 Å². The van der Waals surface area contributed by atoms with E-state index in [2.05, 4.69) is 9.51 Å². The maximum atomic E-state index is 7.00. The summed E-state index contributed by atoms with van der Waals surface area (Å²) in [5.74, 6) is 6.99. The molecule has 12 aliphatic heterocycles. The molecule has 0 saturated carbocycles. The van der Waals surface area contributed by atoms with Crippen LogP contribution in [0, 0.1) is 0 Å². The van der Waals surface area contributed by atoms with E-state index in [1.807, 2.05) is 4.75 Å². The van der Waals surface area contributed by atoms with Crippen molar-refractivity contribution in [3.8, 4) is 0 Å². The number of aliphatic imine (C=N–C) groups is 12. The second-order valence-electron chi connectivity index (χ2n) is 33.6. The van der Waals surface area contributed by atoms with Crippen LogP contribution in [0.1, 0.15) is 66.8 Å². The molecule has 0 aliphatic carbocycles. The van der Waals surface area contributed by atoms with Gasteiger partial charge in [0.15, 0.2) is 0 Å². The molecule has 0 fully saturated rings. The molecule has 12 aromatic carbocycles. The van der Waals surface area contributed by atoms with E-state index < -0.39 is 74.5 Å². The number of benzene rings is 12. The van der Waals surface area contributed by atoms with Crippen LogP contribution in [-0.4, -0.2) is 159 Å². The van der Waals surface area contributed by atoms with Gasteiger partial charge in [-0.1, -0.05) is 0 Å². The van der Waals surface area contributed by atoms with E-state index in [0.29, 0.717) is 390 Å². The zero-order chi connectivity index (χ0) is 101. The number of nitrogens with zero attached hydrogens (tertiary/aromatic N) is 24. The van der Waals surface area contributed by atoms with Gasteiger partial charge in [-0.2, -0.15) is 0 Å². The number of hydrogen-bond acceptors (Lipinski definition) is 18. The Morgan fingerprint density at radius 2 is 0.272 bits per heavy atom. The van der Waals surface area contributed by atoms with Crippen molar-refractivity contribution in [2.45, 2.75) is 0 Å². The Hall–Kier alpha value is -7.55. The summed E-state index contributed by atoms with van der Waals surface area (Å²) in [4.78, 5) is 91.5. The van der Waals surface area contributed by atoms with Crippen molar-refractivity contribution in [3.05, 3.63) is 366 Å². The number of aromatic nitrogens is 6. The van der Waals surface area contributed by atoms with Gasteiger partial charge in [0.1, 0.15) is 0 Å². The van der Waals surface area contributed by atoms with Gasteiger partial charge in [0.25, 0.3) is 0 Å². The first-order valence-corrected chi connectivity index (χ1v) is 62.0. The molecule has 18 bridgehead atoms. The van der Waals surface area contributed by atoms with E-state index in [1.54, 1.807) is 146 Å². The Morgan fingerprint density at radius 3 is 0.469 bits per heavy atom. The molecule has 12 aliphatic rings. The average Bonchev–Trinajstić information content (AvgIpc) is 1.55. The number of hydrogen-bond donors (Lipinski definition) is 0. The maximum absolute atomic E-state index is 7.00. The first kappa shape index (κ1) is 96.5. The van der Waals surface area contributed by atoms with Crippen LogP contribution >= 0.6 is 278 Å². The second kappa shape index (κ2) is 35.5. The summed E-state index contributed by atoms with van der Waals surface area (Å²) in [6.07, 6.45) is 0. The molecule has 147 heavy (non-hydrogen) atoms. The molecular formula is C96H24Cl24N24Pb3. The summed E-state index contributed by atoms with van der Waals surface area (Å²) in [5, 5.41) is 17.1. The van der Waals surface area contributed by atoms with E-state index in [-0.39, 0.29) is 0 Å². The monoisotopic (exact) mass is 2980 g/mol. The molecule has 0 saturated heterocycles. The number of amidine groups is 12. The first-order valence-electron chi connectivity index (χ1n) is 42.5. The van der Waals surface area contributed by atoms with E-state index >= 15 is 0 Å². The minimum absolute atomic E-state index is 0.299. The molecule has 0 N–H and O–H groups in total. The first-order chi connectivity index (χ1) is 70.7.